The number of anilines is 1. The van der Waals surface area contributed by atoms with Crippen molar-refractivity contribution in [2.24, 2.45) is 0 Å². The highest BCUT2D eigenvalue weighted by Gasteiger charge is 2.02. The van der Waals surface area contributed by atoms with Crippen LogP contribution in [0, 0.1) is 5.82 Å². The number of para-hydroxylation sites is 1. The van der Waals surface area contributed by atoms with Crippen LogP contribution in [0.1, 0.15) is 25.3 Å². The van der Waals surface area contributed by atoms with Crippen LogP contribution in [0.4, 0.5) is 10.1 Å². The highest BCUT2D eigenvalue weighted by Crippen LogP contribution is 2.20. The van der Waals surface area contributed by atoms with E-state index in [1.807, 2.05) is 18.2 Å². The maximum Gasteiger partial charge on any atom is 0.146 e. The third-order valence-electron chi connectivity index (χ3n) is 3.08. The van der Waals surface area contributed by atoms with Gasteiger partial charge >= 0.3 is 0 Å². The highest BCUT2D eigenvalue weighted by molar-refractivity contribution is 5.44. The lowest BCUT2D eigenvalue weighted by atomic mass is 10.0. The Morgan fingerprint density at radius 2 is 1.90 bits per heavy atom. The van der Waals surface area contributed by atoms with Crippen molar-refractivity contribution < 1.29 is 9.13 Å². The van der Waals surface area contributed by atoms with Gasteiger partial charge < -0.3 is 10.1 Å². The molecule has 0 heterocycles. The molecule has 20 heavy (non-hydrogen) atoms. The molecule has 0 radical (unpaired) electrons. The largest absolute Gasteiger partial charge is 0.492 e. The van der Waals surface area contributed by atoms with Gasteiger partial charge in [-0.2, -0.15) is 0 Å². The fraction of sp³-hybridized carbons (Fsp3) is 0.294. The Hall–Kier alpha value is -2.03. The molecule has 0 spiro atoms. The number of benzene rings is 2. The lowest BCUT2D eigenvalue weighted by molar-refractivity contribution is 0.332. The summed E-state index contributed by atoms with van der Waals surface area (Å²) < 4.78 is 19.1. The monoisotopic (exact) mass is 273 g/mol. The summed E-state index contributed by atoms with van der Waals surface area (Å²) in [5.41, 5.74) is 1.76. The van der Waals surface area contributed by atoms with Crippen molar-refractivity contribution in [3.63, 3.8) is 0 Å². The van der Waals surface area contributed by atoms with Crippen LogP contribution >= 0.6 is 0 Å². The predicted molar refractivity (Wildman–Crippen MR) is 80.9 cm³/mol. The topological polar surface area (TPSA) is 21.3 Å². The summed E-state index contributed by atoms with van der Waals surface area (Å²) in [7, 11) is 0. The molecular weight excluding hydrogens is 253 g/mol. The average Bonchev–Trinajstić information content (AvgIpc) is 2.45. The summed E-state index contributed by atoms with van der Waals surface area (Å²) >= 11 is 0. The molecule has 2 aromatic rings. The molecule has 0 saturated carbocycles. The minimum absolute atomic E-state index is 0.241. The zero-order valence-corrected chi connectivity index (χ0v) is 11.9. The fourth-order valence-electron chi connectivity index (χ4n) is 1.92. The van der Waals surface area contributed by atoms with Crippen molar-refractivity contribution in [2.75, 3.05) is 18.5 Å². The van der Waals surface area contributed by atoms with Crippen molar-refractivity contribution >= 4 is 5.69 Å². The van der Waals surface area contributed by atoms with Gasteiger partial charge in [-0.1, -0.05) is 38.1 Å². The second kappa shape index (κ2) is 6.94. The molecule has 0 amide bonds. The van der Waals surface area contributed by atoms with E-state index in [1.54, 1.807) is 18.2 Å². The Kier molecular flexibility index (Phi) is 4.99. The molecule has 0 aliphatic rings. The smallest absolute Gasteiger partial charge is 0.146 e. The van der Waals surface area contributed by atoms with Crippen molar-refractivity contribution in [3.8, 4) is 5.75 Å². The molecule has 1 N–H and O–H groups in total. The maximum absolute atomic E-state index is 13.4. The van der Waals surface area contributed by atoms with E-state index in [1.165, 1.54) is 11.6 Å². The summed E-state index contributed by atoms with van der Waals surface area (Å²) in [6.07, 6.45) is 0. The average molecular weight is 273 g/mol. The molecule has 0 fully saturated rings. The van der Waals surface area contributed by atoms with Crippen molar-refractivity contribution in [1.29, 1.82) is 0 Å². The Morgan fingerprint density at radius 1 is 1.10 bits per heavy atom. The van der Waals surface area contributed by atoms with Gasteiger partial charge in [0.15, 0.2) is 0 Å². The summed E-state index contributed by atoms with van der Waals surface area (Å²) in [4.78, 5) is 0. The third-order valence-corrected chi connectivity index (χ3v) is 3.08. The van der Waals surface area contributed by atoms with Crippen molar-refractivity contribution in [1.82, 2.24) is 0 Å². The number of rotatable bonds is 6. The normalized spacial score (nSPS) is 10.6. The summed E-state index contributed by atoms with van der Waals surface area (Å²) in [6, 6.07) is 14.7. The van der Waals surface area contributed by atoms with E-state index in [4.69, 9.17) is 4.74 Å². The molecule has 106 valence electrons. The van der Waals surface area contributed by atoms with Crippen LogP contribution in [0.15, 0.2) is 48.5 Å². The number of nitrogens with one attached hydrogen (secondary N) is 1. The quantitative estimate of drug-likeness (QED) is 0.786. The minimum atomic E-state index is -0.241. The van der Waals surface area contributed by atoms with Gasteiger partial charge in [-0.25, -0.2) is 4.39 Å². The maximum atomic E-state index is 13.4. The Labute approximate surface area is 119 Å². The zero-order chi connectivity index (χ0) is 14.4. The molecule has 2 aromatic carbocycles. The van der Waals surface area contributed by atoms with Gasteiger partial charge in [-0.05, 0) is 35.7 Å². The second-order valence-corrected chi connectivity index (χ2v) is 4.98. The highest BCUT2D eigenvalue weighted by atomic mass is 19.1. The lowest BCUT2D eigenvalue weighted by Gasteiger charge is -2.11. The first-order chi connectivity index (χ1) is 9.66. The van der Waals surface area contributed by atoms with Crippen LogP contribution in [0.25, 0.3) is 0 Å². The Morgan fingerprint density at radius 3 is 2.65 bits per heavy atom. The molecule has 0 saturated heterocycles. The molecule has 2 rings (SSSR count). The Bertz CT molecular complexity index is 554. The molecule has 0 unspecified atom stereocenters. The predicted octanol–water partition coefficient (Wildman–Crippen LogP) is 4.44. The van der Waals surface area contributed by atoms with Crippen LogP contribution in [0.2, 0.25) is 0 Å². The van der Waals surface area contributed by atoms with Gasteiger partial charge in [0.05, 0.1) is 5.69 Å². The molecule has 0 atom stereocenters. The van der Waals surface area contributed by atoms with Crippen molar-refractivity contribution in [2.45, 2.75) is 19.8 Å². The number of ether oxygens (including phenoxy) is 1. The van der Waals surface area contributed by atoms with E-state index in [2.05, 4.69) is 25.2 Å². The molecule has 0 bridgehead atoms. The van der Waals surface area contributed by atoms with E-state index in [9.17, 15) is 4.39 Å². The Balaban J connectivity index is 1.82. The zero-order valence-electron chi connectivity index (χ0n) is 11.9. The SMILES string of the molecule is CC(C)c1cccc(OCCNc2ccccc2F)c1. The molecule has 0 aliphatic heterocycles. The van der Waals surface area contributed by atoms with Gasteiger partial charge in [0.2, 0.25) is 0 Å². The van der Waals surface area contributed by atoms with Crippen LogP contribution in [0.5, 0.6) is 5.75 Å². The van der Waals surface area contributed by atoms with E-state index in [0.29, 0.717) is 24.8 Å². The summed E-state index contributed by atoms with van der Waals surface area (Å²) in [6.45, 7) is 5.36. The summed E-state index contributed by atoms with van der Waals surface area (Å²) in [5.74, 6) is 1.09. The molecule has 0 aromatic heterocycles. The van der Waals surface area contributed by atoms with Gasteiger partial charge in [0, 0.05) is 6.54 Å². The first-order valence-electron chi connectivity index (χ1n) is 6.88. The molecule has 3 heteroatoms. The van der Waals surface area contributed by atoms with Crippen LogP contribution in [0.3, 0.4) is 0 Å². The molecule has 0 aliphatic carbocycles. The van der Waals surface area contributed by atoms with E-state index in [0.717, 1.165) is 5.75 Å². The van der Waals surface area contributed by atoms with E-state index < -0.39 is 0 Å². The van der Waals surface area contributed by atoms with Crippen LogP contribution < -0.4 is 10.1 Å². The van der Waals surface area contributed by atoms with E-state index >= 15 is 0 Å². The lowest BCUT2D eigenvalue weighted by Crippen LogP contribution is -2.12. The van der Waals surface area contributed by atoms with Gasteiger partial charge in [-0.3, -0.25) is 0 Å². The van der Waals surface area contributed by atoms with Crippen molar-refractivity contribution in [3.05, 3.63) is 59.9 Å². The fourth-order valence-corrected chi connectivity index (χ4v) is 1.92. The molecule has 2 nitrogen and oxygen atoms in total. The summed E-state index contributed by atoms with van der Waals surface area (Å²) in [5, 5.41) is 3.02. The number of hydrogen-bond donors (Lipinski definition) is 1. The van der Waals surface area contributed by atoms with Gasteiger partial charge in [0.1, 0.15) is 18.2 Å². The second-order valence-electron chi connectivity index (χ2n) is 4.98. The first kappa shape index (κ1) is 14.4. The van der Waals surface area contributed by atoms with Crippen LogP contribution in [-0.2, 0) is 0 Å². The van der Waals surface area contributed by atoms with Gasteiger partial charge in [-0.15, -0.1) is 0 Å². The third kappa shape index (κ3) is 3.98. The minimum Gasteiger partial charge on any atom is -0.492 e. The van der Waals surface area contributed by atoms with Crippen LogP contribution in [-0.4, -0.2) is 13.2 Å². The first-order valence-corrected chi connectivity index (χ1v) is 6.88. The van der Waals surface area contributed by atoms with E-state index in [-0.39, 0.29) is 5.82 Å². The van der Waals surface area contributed by atoms with Gasteiger partial charge in [0.25, 0.3) is 0 Å². The standard InChI is InChI=1S/C17H20FNO/c1-13(2)14-6-5-7-15(12-14)20-11-10-19-17-9-4-3-8-16(17)18/h3-9,12-13,19H,10-11H2,1-2H3. The number of hydrogen-bond acceptors (Lipinski definition) is 2. The number of halogens is 1. The molecular formula is C17H20FNO.